The van der Waals surface area contributed by atoms with Crippen LogP contribution in [0.2, 0.25) is 0 Å². The maximum atomic E-state index is 11.2. The van der Waals surface area contributed by atoms with Gasteiger partial charge >= 0.3 is 0 Å². The highest BCUT2D eigenvalue weighted by Gasteiger charge is 2.05. The summed E-state index contributed by atoms with van der Waals surface area (Å²) in [6.45, 7) is 2.99. The van der Waals surface area contributed by atoms with Gasteiger partial charge in [0, 0.05) is 22.3 Å². The van der Waals surface area contributed by atoms with Crippen LogP contribution in [0, 0.1) is 0 Å². The molecule has 2 rings (SSSR count). The first-order chi connectivity index (χ1) is 9.95. The van der Waals surface area contributed by atoms with Crippen LogP contribution < -0.4 is 11.1 Å². The van der Waals surface area contributed by atoms with Gasteiger partial charge in [-0.1, -0.05) is 23.9 Å². The zero-order valence-electron chi connectivity index (χ0n) is 11.8. The van der Waals surface area contributed by atoms with E-state index in [2.05, 4.69) is 5.32 Å². The molecule has 0 radical (unpaired) electrons. The van der Waals surface area contributed by atoms with Crippen LogP contribution in [0.1, 0.15) is 24.2 Å². The van der Waals surface area contributed by atoms with Gasteiger partial charge in [-0.25, -0.2) is 0 Å². The highest BCUT2D eigenvalue weighted by atomic mass is 32.2. The number of benzene rings is 2. The fourth-order valence-electron chi connectivity index (χ4n) is 1.80. The van der Waals surface area contributed by atoms with Crippen molar-refractivity contribution in [1.82, 2.24) is 0 Å². The Morgan fingerprint density at radius 1 is 1.00 bits per heavy atom. The highest BCUT2D eigenvalue weighted by Crippen LogP contribution is 2.31. The molecule has 0 atom stereocenters. The molecule has 0 bridgehead atoms. The molecule has 2 aromatic carbocycles. The third-order valence-corrected chi connectivity index (χ3v) is 3.83. The van der Waals surface area contributed by atoms with Gasteiger partial charge in [-0.15, -0.1) is 0 Å². The van der Waals surface area contributed by atoms with E-state index in [9.17, 15) is 9.59 Å². The Morgan fingerprint density at radius 3 is 2.14 bits per heavy atom. The van der Waals surface area contributed by atoms with Crippen LogP contribution in [-0.2, 0) is 4.79 Å². The number of nitrogen functional groups attached to an aromatic ring is 1. The van der Waals surface area contributed by atoms with Crippen molar-refractivity contribution in [1.29, 1.82) is 0 Å². The Balaban J connectivity index is 2.14. The topological polar surface area (TPSA) is 72.2 Å². The number of Topliss-reactive ketones (excluding diaryl/α,β-unsaturated/α-hetero) is 1. The average molecular weight is 300 g/mol. The minimum atomic E-state index is -0.151. The molecule has 4 nitrogen and oxygen atoms in total. The first kappa shape index (κ1) is 15.1. The number of anilines is 2. The average Bonchev–Trinajstić information content (AvgIpc) is 2.42. The van der Waals surface area contributed by atoms with Crippen molar-refractivity contribution < 1.29 is 9.59 Å². The van der Waals surface area contributed by atoms with Crippen LogP contribution in [0.4, 0.5) is 11.4 Å². The molecule has 0 heterocycles. The number of amides is 1. The molecular weight excluding hydrogens is 284 g/mol. The molecule has 2 aromatic rings. The predicted octanol–water partition coefficient (Wildman–Crippen LogP) is 3.58. The largest absolute Gasteiger partial charge is 0.397 e. The molecule has 0 aliphatic rings. The third-order valence-electron chi connectivity index (χ3n) is 2.83. The van der Waals surface area contributed by atoms with E-state index in [0.29, 0.717) is 16.9 Å². The van der Waals surface area contributed by atoms with Crippen molar-refractivity contribution in [2.24, 2.45) is 0 Å². The number of nitrogens with one attached hydrogen (secondary N) is 1. The van der Waals surface area contributed by atoms with Gasteiger partial charge in [-0.3, -0.25) is 9.59 Å². The van der Waals surface area contributed by atoms with E-state index in [1.165, 1.54) is 6.92 Å². The molecule has 0 spiro atoms. The molecule has 0 saturated heterocycles. The summed E-state index contributed by atoms with van der Waals surface area (Å²) in [7, 11) is 0. The molecule has 21 heavy (non-hydrogen) atoms. The van der Waals surface area contributed by atoms with Crippen molar-refractivity contribution in [3.8, 4) is 0 Å². The first-order valence-corrected chi connectivity index (χ1v) is 7.23. The first-order valence-electron chi connectivity index (χ1n) is 6.41. The Labute approximate surface area is 127 Å². The SMILES string of the molecule is CC(=O)Nc1ccc(Sc2ccc(C(C)=O)cc2)cc1N. The fraction of sp³-hybridized carbons (Fsp3) is 0.125. The molecule has 5 heteroatoms. The van der Waals surface area contributed by atoms with Crippen molar-refractivity contribution in [3.05, 3.63) is 48.0 Å². The van der Waals surface area contributed by atoms with Crippen LogP contribution >= 0.6 is 11.8 Å². The van der Waals surface area contributed by atoms with Crippen molar-refractivity contribution >= 4 is 34.8 Å². The zero-order chi connectivity index (χ0) is 15.4. The molecule has 0 fully saturated rings. The van der Waals surface area contributed by atoms with Gasteiger partial charge in [-0.05, 0) is 37.3 Å². The lowest BCUT2D eigenvalue weighted by Gasteiger charge is -2.08. The lowest BCUT2D eigenvalue weighted by molar-refractivity contribution is -0.114. The standard InChI is InChI=1S/C16H16N2O2S/c1-10(19)12-3-5-13(6-4-12)21-14-7-8-16(15(17)9-14)18-11(2)20/h3-9H,17H2,1-2H3,(H,18,20). The molecule has 0 aromatic heterocycles. The van der Waals surface area contributed by atoms with E-state index in [4.69, 9.17) is 5.73 Å². The minimum Gasteiger partial charge on any atom is -0.397 e. The molecular formula is C16H16N2O2S. The second-order valence-corrected chi connectivity index (χ2v) is 5.76. The van der Waals surface area contributed by atoms with Gasteiger partial charge in [0.25, 0.3) is 0 Å². The smallest absolute Gasteiger partial charge is 0.221 e. The number of rotatable bonds is 4. The summed E-state index contributed by atoms with van der Waals surface area (Å²) < 4.78 is 0. The molecule has 0 aliphatic heterocycles. The van der Waals surface area contributed by atoms with E-state index in [-0.39, 0.29) is 11.7 Å². The summed E-state index contributed by atoms with van der Waals surface area (Å²) in [6, 6.07) is 12.9. The summed E-state index contributed by atoms with van der Waals surface area (Å²) in [4.78, 5) is 24.2. The van der Waals surface area contributed by atoms with Crippen LogP contribution in [0.15, 0.2) is 52.3 Å². The van der Waals surface area contributed by atoms with E-state index in [1.54, 1.807) is 36.9 Å². The molecule has 0 unspecified atom stereocenters. The van der Waals surface area contributed by atoms with Crippen molar-refractivity contribution in [3.63, 3.8) is 0 Å². The fourth-order valence-corrected chi connectivity index (χ4v) is 2.67. The Morgan fingerprint density at radius 2 is 1.62 bits per heavy atom. The van der Waals surface area contributed by atoms with Gasteiger partial charge < -0.3 is 11.1 Å². The lowest BCUT2D eigenvalue weighted by atomic mass is 10.2. The maximum absolute atomic E-state index is 11.2. The van der Waals surface area contributed by atoms with Crippen LogP contribution in [0.25, 0.3) is 0 Å². The number of carbonyl (C=O) groups is 2. The summed E-state index contributed by atoms with van der Waals surface area (Å²) in [6.07, 6.45) is 0. The highest BCUT2D eigenvalue weighted by molar-refractivity contribution is 7.99. The van der Waals surface area contributed by atoms with E-state index in [1.807, 2.05) is 24.3 Å². The second kappa shape index (κ2) is 6.45. The molecule has 0 aliphatic carbocycles. The quantitative estimate of drug-likeness (QED) is 0.668. The van der Waals surface area contributed by atoms with Gasteiger partial charge in [0.1, 0.15) is 0 Å². The third kappa shape index (κ3) is 4.10. The summed E-state index contributed by atoms with van der Waals surface area (Å²) >= 11 is 1.55. The van der Waals surface area contributed by atoms with Gasteiger partial charge in [-0.2, -0.15) is 0 Å². The Bertz CT molecular complexity index is 681. The molecule has 1 amide bonds. The maximum Gasteiger partial charge on any atom is 0.221 e. The lowest BCUT2D eigenvalue weighted by Crippen LogP contribution is -2.07. The Hall–Kier alpha value is -2.27. The monoisotopic (exact) mass is 300 g/mol. The van der Waals surface area contributed by atoms with E-state index < -0.39 is 0 Å². The summed E-state index contributed by atoms with van der Waals surface area (Å²) in [5.41, 5.74) is 7.74. The van der Waals surface area contributed by atoms with E-state index >= 15 is 0 Å². The second-order valence-electron chi connectivity index (χ2n) is 4.61. The van der Waals surface area contributed by atoms with Crippen LogP contribution in [-0.4, -0.2) is 11.7 Å². The zero-order valence-corrected chi connectivity index (χ0v) is 12.7. The minimum absolute atomic E-state index is 0.0513. The number of ketones is 1. The van der Waals surface area contributed by atoms with Gasteiger partial charge in [0.15, 0.2) is 5.78 Å². The van der Waals surface area contributed by atoms with Crippen LogP contribution in [0.3, 0.4) is 0 Å². The Kier molecular flexibility index (Phi) is 4.65. The van der Waals surface area contributed by atoms with E-state index in [0.717, 1.165) is 9.79 Å². The van der Waals surface area contributed by atoms with Gasteiger partial charge in [0.05, 0.1) is 11.4 Å². The number of carbonyl (C=O) groups excluding carboxylic acids is 2. The normalized spacial score (nSPS) is 10.2. The van der Waals surface area contributed by atoms with Crippen molar-refractivity contribution in [2.45, 2.75) is 23.6 Å². The number of hydrogen-bond donors (Lipinski definition) is 2. The van der Waals surface area contributed by atoms with Crippen molar-refractivity contribution in [2.75, 3.05) is 11.1 Å². The summed E-state index contributed by atoms with van der Waals surface area (Å²) in [5, 5.41) is 2.67. The van der Waals surface area contributed by atoms with Crippen LogP contribution in [0.5, 0.6) is 0 Å². The number of hydrogen-bond acceptors (Lipinski definition) is 4. The molecule has 108 valence electrons. The molecule has 0 saturated carbocycles. The summed E-state index contributed by atoms with van der Waals surface area (Å²) in [5.74, 6) is -0.0996. The number of nitrogens with two attached hydrogens (primary N) is 1. The van der Waals surface area contributed by atoms with Gasteiger partial charge in [0.2, 0.25) is 5.91 Å². The molecule has 3 N–H and O–H groups in total. The predicted molar refractivity (Wildman–Crippen MR) is 85.7 cm³/mol.